The normalized spacial score (nSPS) is 20.4. The van der Waals surface area contributed by atoms with Gasteiger partial charge in [0.15, 0.2) is 11.5 Å². The average Bonchev–Trinajstić information content (AvgIpc) is 3.58. The second-order valence-electron chi connectivity index (χ2n) is 12.2. The van der Waals surface area contributed by atoms with Gasteiger partial charge in [0.1, 0.15) is 5.75 Å². The molecule has 3 aliphatic rings. The van der Waals surface area contributed by atoms with Crippen molar-refractivity contribution >= 4 is 24.2 Å². The zero-order chi connectivity index (χ0) is 28.3. The molecule has 0 aromatic heterocycles. The van der Waals surface area contributed by atoms with E-state index in [4.69, 9.17) is 14.2 Å². The van der Waals surface area contributed by atoms with Crippen LogP contribution in [0.1, 0.15) is 44.7 Å². The van der Waals surface area contributed by atoms with E-state index in [0.29, 0.717) is 45.6 Å². The van der Waals surface area contributed by atoms with E-state index >= 15 is 0 Å². The number of benzene rings is 2. The summed E-state index contributed by atoms with van der Waals surface area (Å²) >= 11 is 0. The van der Waals surface area contributed by atoms with Crippen molar-refractivity contribution in [2.75, 3.05) is 46.6 Å². The number of amides is 2. The Kier molecular flexibility index (Phi) is 10.0. The monoisotopic (exact) mass is 586 g/mol. The number of nitrogens with zero attached hydrogens (tertiary/aromatic N) is 3. The first-order chi connectivity index (χ1) is 19.2. The number of halogens is 1. The number of hydrogen-bond donors (Lipinski definition) is 1. The summed E-state index contributed by atoms with van der Waals surface area (Å²) in [6.07, 6.45) is 1.04. The molecule has 9 nitrogen and oxygen atoms in total. The molecule has 2 unspecified atom stereocenters. The van der Waals surface area contributed by atoms with Gasteiger partial charge in [0.05, 0.1) is 13.2 Å². The first kappa shape index (κ1) is 30.9. The van der Waals surface area contributed by atoms with Crippen molar-refractivity contribution in [2.24, 2.45) is 5.41 Å². The third-order valence-corrected chi connectivity index (χ3v) is 7.85. The van der Waals surface area contributed by atoms with Crippen molar-refractivity contribution < 1.29 is 23.8 Å². The molecule has 0 radical (unpaired) electrons. The van der Waals surface area contributed by atoms with Gasteiger partial charge < -0.3 is 29.3 Å². The molecule has 10 heteroatoms. The number of fused-ring (bicyclic) bond motifs is 1. The molecule has 3 aliphatic heterocycles. The molecule has 5 rings (SSSR count). The molecular weight excluding hydrogens is 544 g/mol. The smallest absolute Gasteiger partial charge is 0.240 e. The molecule has 41 heavy (non-hydrogen) atoms. The maximum atomic E-state index is 13.9. The topological polar surface area (TPSA) is 83.6 Å². The standard InChI is InChI=1S/C31H42N4O5.ClH/c1-31(2,3)17-29(36)35(19-22-6-5-7-25(14-22)38-4)24-16-26(30(37)33-12-10-32-11-13-33)34(20-24)18-23-8-9-27-28(15-23)40-21-39-27;/h5-9,14-15,24,26,32H,10-13,16-21H2,1-4H3;1H. The Balaban J connectivity index is 0.00000387. The summed E-state index contributed by atoms with van der Waals surface area (Å²) in [4.78, 5) is 33.9. The lowest BCUT2D eigenvalue weighted by Crippen LogP contribution is -2.52. The Labute approximate surface area is 249 Å². The molecule has 0 saturated carbocycles. The van der Waals surface area contributed by atoms with Gasteiger partial charge in [0.25, 0.3) is 0 Å². The molecule has 0 bridgehead atoms. The van der Waals surface area contributed by atoms with Crippen LogP contribution in [0.25, 0.3) is 0 Å². The molecule has 2 atom stereocenters. The molecule has 224 valence electrons. The first-order valence-corrected chi connectivity index (χ1v) is 14.2. The molecule has 1 N–H and O–H groups in total. The molecule has 2 fully saturated rings. The van der Waals surface area contributed by atoms with Crippen LogP contribution in [-0.4, -0.2) is 85.2 Å². The zero-order valence-corrected chi connectivity index (χ0v) is 25.4. The van der Waals surface area contributed by atoms with Crippen LogP contribution in [-0.2, 0) is 22.7 Å². The fourth-order valence-electron chi connectivity index (χ4n) is 5.85. The maximum Gasteiger partial charge on any atom is 0.240 e. The Morgan fingerprint density at radius 3 is 2.54 bits per heavy atom. The third kappa shape index (κ3) is 7.64. The predicted molar refractivity (Wildman–Crippen MR) is 159 cm³/mol. The molecular formula is C31H43ClN4O5. The Morgan fingerprint density at radius 1 is 1.05 bits per heavy atom. The molecule has 2 aromatic carbocycles. The van der Waals surface area contributed by atoms with Gasteiger partial charge in [0, 0.05) is 58.3 Å². The van der Waals surface area contributed by atoms with Crippen molar-refractivity contribution in [2.45, 2.75) is 58.8 Å². The Morgan fingerprint density at radius 2 is 1.80 bits per heavy atom. The minimum Gasteiger partial charge on any atom is -0.497 e. The molecule has 0 aliphatic carbocycles. The van der Waals surface area contributed by atoms with Gasteiger partial charge in [0.2, 0.25) is 18.6 Å². The van der Waals surface area contributed by atoms with Crippen molar-refractivity contribution in [3.8, 4) is 17.2 Å². The first-order valence-electron chi connectivity index (χ1n) is 14.2. The fourth-order valence-corrected chi connectivity index (χ4v) is 5.85. The Hall–Kier alpha value is -3.01. The van der Waals surface area contributed by atoms with Crippen molar-refractivity contribution in [1.82, 2.24) is 20.0 Å². The number of rotatable bonds is 8. The summed E-state index contributed by atoms with van der Waals surface area (Å²) in [5.41, 5.74) is 1.93. The lowest BCUT2D eigenvalue weighted by molar-refractivity contribution is -0.138. The second kappa shape index (κ2) is 13.3. The van der Waals surface area contributed by atoms with Gasteiger partial charge in [-0.15, -0.1) is 12.4 Å². The van der Waals surface area contributed by atoms with Gasteiger partial charge in [-0.3, -0.25) is 14.5 Å². The van der Waals surface area contributed by atoms with E-state index in [0.717, 1.165) is 41.5 Å². The Bertz CT molecular complexity index is 1210. The number of ether oxygens (including phenoxy) is 3. The molecule has 0 spiro atoms. The lowest BCUT2D eigenvalue weighted by atomic mass is 9.91. The summed E-state index contributed by atoms with van der Waals surface area (Å²) in [6.45, 7) is 11.2. The lowest BCUT2D eigenvalue weighted by Gasteiger charge is -2.33. The van der Waals surface area contributed by atoms with Gasteiger partial charge in [-0.25, -0.2) is 0 Å². The SMILES string of the molecule is COc1cccc(CN(C(=O)CC(C)(C)C)C2CC(C(=O)N3CCNCC3)N(Cc3ccc4c(c3)OCO4)C2)c1.Cl. The summed E-state index contributed by atoms with van der Waals surface area (Å²) in [7, 11) is 1.65. The number of methoxy groups -OCH3 is 1. The van der Waals surface area contributed by atoms with Crippen molar-refractivity contribution in [3.05, 3.63) is 53.6 Å². The predicted octanol–water partition coefficient (Wildman–Crippen LogP) is 3.69. The van der Waals surface area contributed by atoms with Crippen LogP contribution in [0.5, 0.6) is 17.2 Å². The maximum absolute atomic E-state index is 13.9. The van der Waals surface area contributed by atoms with E-state index in [1.165, 1.54) is 0 Å². The minimum atomic E-state index is -0.302. The number of carbonyl (C=O) groups is 2. The highest BCUT2D eigenvalue weighted by Crippen LogP contribution is 2.35. The highest BCUT2D eigenvalue weighted by atomic mass is 35.5. The fraction of sp³-hybridized carbons (Fsp3) is 0.548. The quantitative estimate of drug-likeness (QED) is 0.505. The van der Waals surface area contributed by atoms with E-state index in [1.807, 2.05) is 52.3 Å². The summed E-state index contributed by atoms with van der Waals surface area (Å²) in [5, 5.41) is 3.34. The number of piperazine rings is 1. The highest BCUT2D eigenvalue weighted by molar-refractivity contribution is 5.85. The van der Waals surface area contributed by atoms with Crippen LogP contribution in [0.3, 0.4) is 0 Å². The van der Waals surface area contributed by atoms with E-state index in [-0.39, 0.29) is 48.5 Å². The van der Waals surface area contributed by atoms with Gasteiger partial charge in [-0.2, -0.15) is 0 Å². The van der Waals surface area contributed by atoms with E-state index < -0.39 is 0 Å². The number of likely N-dealkylation sites (tertiary alicyclic amines) is 1. The molecule has 2 aromatic rings. The van der Waals surface area contributed by atoms with Crippen LogP contribution in [0.15, 0.2) is 42.5 Å². The van der Waals surface area contributed by atoms with Gasteiger partial charge >= 0.3 is 0 Å². The zero-order valence-electron chi connectivity index (χ0n) is 24.6. The van der Waals surface area contributed by atoms with Crippen LogP contribution in [0.2, 0.25) is 0 Å². The van der Waals surface area contributed by atoms with Crippen LogP contribution in [0, 0.1) is 5.41 Å². The summed E-state index contributed by atoms with van der Waals surface area (Å²) < 4.78 is 16.6. The molecule has 2 saturated heterocycles. The largest absolute Gasteiger partial charge is 0.497 e. The minimum absolute atomic E-state index is 0. The third-order valence-electron chi connectivity index (χ3n) is 7.85. The van der Waals surface area contributed by atoms with E-state index in [9.17, 15) is 9.59 Å². The van der Waals surface area contributed by atoms with E-state index in [1.54, 1.807) is 7.11 Å². The second-order valence-corrected chi connectivity index (χ2v) is 12.2. The van der Waals surface area contributed by atoms with Gasteiger partial charge in [-0.1, -0.05) is 39.0 Å². The van der Waals surface area contributed by atoms with Crippen molar-refractivity contribution in [1.29, 1.82) is 0 Å². The molecule has 2 amide bonds. The summed E-state index contributed by atoms with van der Waals surface area (Å²) in [5.74, 6) is 2.50. The van der Waals surface area contributed by atoms with Crippen LogP contribution in [0.4, 0.5) is 0 Å². The number of nitrogens with one attached hydrogen (secondary N) is 1. The highest BCUT2D eigenvalue weighted by Gasteiger charge is 2.42. The van der Waals surface area contributed by atoms with Crippen molar-refractivity contribution in [3.63, 3.8) is 0 Å². The summed E-state index contributed by atoms with van der Waals surface area (Å²) in [6, 6.07) is 13.5. The van der Waals surface area contributed by atoms with Crippen LogP contribution >= 0.6 is 12.4 Å². The average molecular weight is 587 g/mol. The van der Waals surface area contributed by atoms with Gasteiger partial charge in [-0.05, 0) is 47.2 Å². The number of carbonyl (C=O) groups excluding carboxylic acids is 2. The van der Waals surface area contributed by atoms with E-state index in [2.05, 4.69) is 31.0 Å². The molecule has 3 heterocycles. The van der Waals surface area contributed by atoms with Crippen LogP contribution < -0.4 is 19.5 Å². The number of hydrogen-bond acceptors (Lipinski definition) is 7.